The number of ether oxygens (including phenoxy) is 2. The Kier molecular flexibility index (Phi) is 10.2. The van der Waals surface area contributed by atoms with Crippen LogP contribution < -0.4 is 0 Å². The quantitative estimate of drug-likeness (QED) is 0.118. The summed E-state index contributed by atoms with van der Waals surface area (Å²) in [5.74, 6) is 14.1. The zero-order chi connectivity index (χ0) is 35.6. The second-order valence-corrected chi connectivity index (χ2v) is 12.4. The Balaban J connectivity index is 1.66. The fraction of sp³-hybridized carbons (Fsp3) is 0.0800. The van der Waals surface area contributed by atoms with Crippen LogP contribution in [0.3, 0.4) is 0 Å². The van der Waals surface area contributed by atoms with Crippen LogP contribution in [0.5, 0.6) is 0 Å². The lowest BCUT2D eigenvalue weighted by Gasteiger charge is -2.39. The van der Waals surface area contributed by atoms with Gasteiger partial charge in [-0.15, -0.1) is 0 Å². The van der Waals surface area contributed by atoms with Crippen LogP contribution in [0, 0.1) is 23.7 Å². The van der Waals surface area contributed by atoms with E-state index >= 15 is 0 Å². The highest BCUT2D eigenvalue weighted by Gasteiger charge is 2.43. The van der Waals surface area contributed by atoms with Crippen molar-refractivity contribution in [2.75, 3.05) is 14.2 Å². The van der Waals surface area contributed by atoms with E-state index in [4.69, 9.17) is 9.47 Å². The van der Waals surface area contributed by atoms with Gasteiger partial charge in [-0.25, -0.2) is 0 Å². The Morgan fingerprint density at radius 1 is 0.327 bits per heavy atom. The minimum Gasteiger partial charge on any atom is -0.364 e. The Morgan fingerprint density at radius 2 is 0.596 bits per heavy atom. The third kappa shape index (κ3) is 6.58. The van der Waals surface area contributed by atoms with Gasteiger partial charge in [0.2, 0.25) is 0 Å². The van der Waals surface area contributed by atoms with Crippen molar-refractivity contribution in [2.45, 2.75) is 11.2 Å². The zero-order valence-corrected chi connectivity index (χ0v) is 29.3. The molecule has 0 unspecified atom stereocenters. The summed E-state index contributed by atoms with van der Waals surface area (Å²) >= 11 is 0. The summed E-state index contributed by atoms with van der Waals surface area (Å²) in [5.41, 5.74) is 6.99. The number of hydrogen-bond donors (Lipinski definition) is 0. The third-order valence-corrected chi connectivity index (χ3v) is 9.48. The summed E-state index contributed by atoms with van der Waals surface area (Å²) in [6.45, 7) is 0. The molecular weight excluding hydrogens is 633 g/mol. The summed E-state index contributed by atoms with van der Waals surface area (Å²) in [4.78, 5) is 0. The molecule has 0 radical (unpaired) electrons. The third-order valence-electron chi connectivity index (χ3n) is 9.48. The molecule has 7 aromatic carbocycles. The minimum absolute atomic E-state index is 0.797. The molecule has 250 valence electrons. The molecule has 2 nitrogen and oxygen atoms in total. The first-order valence-electron chi connectivity index (χ1n) is 17.3. The van der Waals surface area contributed by atoms with Gasteiger partial charge in [-0.2, -0.15) is 0 Å². The van der Waals surface area contributed by atoms with Crippen molar-refractivity contribution >= 4 is 0 Å². The molecule has 0 heterocycles. The van der Waals surface area contributed by atoms with Gasteiger partial charge < -0.3 is 9.47 Å². The number of methoxy groups -OCH3 is 2. The summed E-state index contributed by atoms with van der Waals surface area (Å²) in [6, 6.07) is 65.9. The summed E-state index contributed by atoms with van der Waals surface area (Å²) in [6.07, 6.45) is 0. The van der Waals surface area contributed by atoms with Crippen molar-refractivity contribution in [2.24, 2.45) is 0 Å². The standard InChI is InChI=1S/C50H38O2/c1-51-49(43-25-13-5-14-26-43,44-27-15-6-16-28-44)47-38-48(50(52-2,45-29-17-7-18-30-45)46-31-19-8-20-32-46)42(36-34-40-23-11-4-12-24-40)37-41(47)35-33-39-21-9-3-10-22-39/h3-32,37-38H,1-2H3. The van der Waals surface area contributed by atoms with E-state index in [9.17, 15) is 0 Å². The van der Waals surface area contributed by atoms with Crippen molar-refractivity contribution in [1.82, 2.24) is 0 Å². The molecule has 52 heavy (non-hydrogen) atoms. The molecule has 0 saturated carbocycles. The van der Waals surface area contributed by atoms with Crippen molar-refractivity contribution in [1.29, 1.82) is 0 Å². The normalized spacial score (nSPS) is 11.1. The number of hydrogen-bond acceptors (Lipinski definition) is 2. The highest BCUT2D eigenvalue weighted by atomic mass is 16.5. The molecule has 0 atom stereocenters. The second kappa shape index (κ2) is 15.6. The lowest BCUT2D eigenvalue weighted by molar-refractivity contribution is 0.0524. The molecular formula is C50H38O2. The van der Waals surface area contributed by atoms with Gasteiger partial charge in [0.1, 0.15) is 11.2 Å². The molecule has 2 heteroatoms. The van der Waals surface area contributed by atoms with E-state index in [2.05, 4.69) is 133 Å². The average Bonchev–Trinajstić information content (AvgIpc) is 3.23. The highest BCUT2D eigenvalue weighted by Crippen LogP contribution is 2.47. The molecule has 0 aliphatic carbocycles. The SMILES string of the molecule is COC(c1ccccc1)(c1ccccc1)c1cc(C(OC)(c2ccccc2)c2ccccc2)c(C#Cc2ccccc2)cc1C#Cc1ccccc1. The van der Waals surface area contributed by atoms with E-state index in [1.807, 2.05) is 84.9 Å². The van der Waals surface area contributed by atoms with Gasteiger partial charge >= 0.3 is 0 Å². The molecule has 7 aromatic rings. The maximum Gasteiger partial charge on any atom is 0.144 e. The molecule has 0 aliphatic heterocycles. The monoisotopic (exact) mass is 670 g/mol. The van der Waals surface area contributed by atoms with Gasteiger partial charge in [0.25, 0.3) is 0 Å². The van der Waals surface area contributed by atoms with Crippen molar-refractivity contribution in [3.63, 3.8) is 0 Å². The fourth-order valence-electron chi connectivity index (χ4n) is 7.05. The molecule has 0 saturated heterocycles. The number of benzene rings is 7. The second-order valence-electron chi connectivity index (χ2n) is 12.4. The smallest absolute Gasteiger partial charge is 0.144 e. The van der Waals surface area contributed by atoms with E-state index in [1.54, 1.807) is 14.2 Å². The van der Waals surface area contributed by atoms with Crippen LogP contribution in [0.1, 0.15) is 55.6 Å². The van der Waals surface area contributed by atoms with E-state index in [1.165, 1.54) is 0 Å². The average molecular weight is 671 g/mol. The van der Waals surface area contributed by atoms with Crippen molar-refractivity contribution < 1.29 is 9.47 Å². The molecule has 0 N–H and O–H groups in total. The fourth-order valence-corrected chi connectivity index (χ4v) is 7.05. The van der Waals surface area contributed by atoms with Crippen LogP contribution in [0.4, 0.5) is 0 Å². The molecule has 7 rings (SSSR count). The molecule has 0 spiro atoms. The van der Waals surface area contributed by atoms with Gasteiger partial charge in [0.05, 0.1) is 0 Å². The van der Waals surface area contributed by atoms with Crippen LogP contribution in [-0.2, 0) is 20.7 Å². The first kappa shape index (κ1) is 34.0. The maximum absolute atomic E-state index is 6.83. The largest absolute Gasteiger partial charge is 0.364 e. The topological polar surface area (TPSA) is 18.5 Å². The Morgan fingerprint density at radius 3 is 0.865 bits per heavy atom. The summed E-state index contributed by atoms with van der Waals surface area (Å²) < 4.78 is 13.7. The molecule has 0 fully saturated rings. The van der Waals surface area contributed by atoms with Gasteiger partial charge in [-0.1, -0.05) is 181 Å². The Bertz CT molecular complexity index is 2100. The molecule has 0 aromatic heterocycles. The van der Waals surface area contributed by atoms with Gasteiger partial charge in [0.15, 0.2) is 0 Å². The first-order chi connectivity index (χ1) is 25.7. The highest BCUT2D eigenvalue weighted by molar-refractivity contribution is 5.65. The zero-order valence-electron chi connectivity index (χ0n) is 29.3. The first-order valence-corrected chi connectivity index (χ1v) is 17.3. The lowest BCUT2D eigenvalue weighted by atomic mass is 9.72. The predicted octanol–water partition coefficient (Wildman–Crippen LogP) is 10.4. The number of rotatable bonds is 8. The summed E-state index contributed by atoms with van der Waals surface area (Å²) in [7, 11) is 3.55. The minimum atomic E-state index is -1.05. The van der Waals surface area contributed by atoms with Crippen LogP contribution in [0.15, 0.2) is 194 Å². The van der Waals surface area contributed by atoms with Crippen molar-refractivity contribution in [3.05, 3.63) is 250 Å². The van der Waals surface area contributed by atoms with Crippen LogP contribution in [-0.4, -0.2) is 14.2 Å². The summed E-state index contributed by atoms with van der Waals surface area (Å²) in [5, 5.41) is 0. The molecule has 0 aliphatic rings. The maximum atomic E-state index is 6.83. The van der Waals surface area contributed by atoms with Crippen LogP contribution >= 0.6 is 0 Å². The Hall–Kier alpha value is -6.42. The van der Waals surface area contributed by atoms with Crippen LogP contribution in [0.25, 0.3) is 0 Å². The molecule has 0 bridgehead atoms. The van der Waals surface area contributed by atoms with E-state index in [0.29, 0.717) is 0 Å². The van der Waals surface area contributed by atoms with Crippen molar-refractivity contribution in [3.8, 4) is 23.7 Å². The van der Waals surface area contributed by atoms with E-state index < -0.39 is 11.2 Å². The van der Waals surface area contributed by atoms with Gasteiger partial charge in [-0.05, 0) is 58.7 Å². The lowest BCUT2D eigenvalue weighted by Crippen LogP contribution is -2.36. The van der Waals surface area contributed by atoms with E-state index in [-0.39, 0.29) is 0 Å². The van der Waals surface area contributed by atoms with Crippen LogP contribution in [0.2, 0.25) is 0 Å². The molecule has 0 amide bonds. The van der Waals surface area contributed by atoms with E-state index in [0.717, 1.165) is 55.6 Å². The predicted molar refractivity (Wildman–Crippen MR) is 211 cm³/mol. The Labute approximate surface area is 307 Å². The van der Waals surface area contributed by atoms with Gasteiger partial charge in [0, 0.05) is 47.6 Å². The van der Waals surface area contributed by atoms with Gasteiger partial charge in [-0.3, -0.25) is 0 Å².